The maximum atomic E-state index is 11.8. The molecule has 8 nitrogen and oxygen atoms in total. The molecule has 0 aromatic rings. The average Bonchev–Trinajstić information content (AvgIpc) is 2.56. The molecule has 0 aliphatic heterocycles. The molecule has 0 aromatic heterocycles. The van der Waals surface area contributed by atoms with Crippen molar-refractivity contribution >= 4 is 17.8 Å². The summed E-state index contributed by atoms with van der Waals surface area (Å²) in [5, 5.41) is 32.8. The molecule has 0 rings (SSSR count). The van der Waals surface area contributed by atoms with E-state index in [1.165, 1.54) is 13.8 Å². The molecule has 0 radical (unpaired) electrons. The van der Waals surface area contributed by atoms with Gasteiger partial charge in [0.05, 0.1) is 25.7 Å². The number of aliphatic carboxylic acids is 2. The molecule has 0 aliphatic carbocycles. The Balaban J connectivity index is 0. The van der Waals surface area contributed by atoms with E-state index in [2.05, 4.69) is 12.2 Å². The number of amides is 1. The Morgan fingerprint density at radius 3 is 2.15 bits per heavy atom. The zero-order valence-electron chi connectivity index (χ0n) is 16.5. The number of carboxylic acids is 2. The number of carboxylic acid groups (broad SMARTS) is 2. The van der Waals surface area contributed by atoms with Crippen LogP contribution in [0.15, 0.2) is 0 Å². The molecule has 9 heteroatoms. The number of carbonyl (C=O) groups is 3. The van der Waals surface area contributed by atoms with Gasteiger partial charge < -0.3 is 29.9 Å². The minimum atomic E-state index is -1.38. The summed E-state index contributed by atoms with van der Waals surface area (Å²) in [4.78, 5) is 34.7. The third kappa shape index (κ3) is 9.25. The Morgan fingerprint density at radius 1 is 1.08 bits per heavy atom. The van der Waals surface area contributed by atoms with Gasteiger partial charge in [0.1, 0.15) is 12.6 Å². The van der Waals surface area contributed by atoms with Gasteiger partial charge in [-0.1, -0.05) is 26.2 Å². The predicted molar refractivity (Wildman–Crippen MR) is 90.4 cm³/mol. The van der Waals surface area contributed by atoms with Crippen molar-refractivity contribution in [3.63, 3.8) is 0 Å². The molecule has 1 amide bonds. The van der Waals surface area contributed by atoms with Crippen molar-refractivity contribution in [2.75, 3.05) is 26.2 Å². The van der Waals surface area contributed by atoms with Crippen LogP contribution in [0.2, 0.25) is 0 Å². The number of nitrogens with zero attached hydrogens (tertiary/aromatic N) is 1. The summed E-state index contributed by atoms with van der Waals surface area (Å²) in [5.74, 6) is -2.68. The normalized spacial score (nSPS) is 15.2. The van der Waals surface area contributed by atoms with Crippen LogP contribution in [0.1, 0.15) is 52.9 Å². The van der Waals surface area contributed by atoms with Gasteiger partial charge in [-0.05, 0) is 20.3 Å². The van der Waals surface area contributed by atoms with Gasteiger partial charge in [0.25, 0.3) is 0 Å². The molecular weight excluding hydrogens is 367 g/mol. The van der Waals surface area contributed by atoms with Crippen LogP contribution in [-0.2, 0) is 14.4 Å². The van der Waals surface area contributed by atoms with E-state index >= 15 is 0 Å². The number of rotatable bonds is 14. The van der Waals surface area contributed by atoms with E-state index in [4.69, 9.17) is 0 Å². The summed E-state index contributed by atoms with van der Waals surface area (Å²) in [6.45, 7) is 4.68. The zero-order chi connectivity index (χ0) is 19.5. The van der Waals surface area contributed by atoms with Crippen LogP contribution in [0.25, 0.3) is 0 Å². The Morgan fingerprint density at radius 2 is 1.69 bits per heavy atom. The zero-order valence-corrected chi connectivity index (χ0v) is 19.6. The van der Waals surface area contributed by atoms with Gasteiger partial charge in [-0.3, -0.25) is 4.79 Å². The van der Waals surface area contributed by atoms with Crippen molar-refractivity contribution in [3.8, 4) is 0 Å². The Hall–Kier alpha value is -0.0336. The summed E-state index contributed by atoms with van der Waals surface area (Å²) in [7, 11) is 0. The third-order valence-electron chi connectivity index (χ3n) is 4.87. The van der Waals surface area contributed by atoms with Crippen molar-refractivity contribution in [1.29, 1.82) is 0 Å². The topological polar surface area (TPSA) is 127 Å². The molecule has 3 N–H and O–H groups in total. The first-order valence-corrected chi connectivity index (χ1v) is 8.90. The van der Waals surface area contributed by atoms with Crippen molar-refractivity contribution in [2.24, 2.45) is 0 Å². The number of carbonyl (C=O) groups excluding carboxylic acids is 2. The maximum absolute atomic E-state index is 11.8. The van der Waals surface area contributed by atoms with E-state index in [1.54, 1.807) is 0 Å². The quantitative estimate of drug-likeness (QED) is 0.158. The van der Waals surface area contributed by atoms with Crippen molar-refractivity contribution in [1.82, 2.24) is 5.32 Å². The summed E-state index contributed by atoms with van der Waals surface area (Å²) in [6.07, 6.45) is 4.31. The fraction of sp³-hybridized carbons (Fsp3) is 0.824. The Bertz CT molecular complexity index is 427. The molecule has 0 heterocycles. The van der Waals surface area contributed by atoms with Crippen LogP contribution >= 0.6 is 0 Å². The van der Waals surface area contributed by atoms with Crippen molar-refractivity contribution < 1.29 is 85.6 Å². The van der Waals surface area contributed by atoms with Gasteiger partial charge in [0.15, 0.2) is 6.04 Å². The van der Waals surface area contributed by atoms with E-state index in [1.807, 2.05) is 0 Å². The van der Waals surface area contributed by atoms with Crippen LogP contribution in [-0.4, -0.2) is 70.9 Å². The van der Waals surface area contributed by atoms with Crippen LogP contribution < -0.4 is 61.8 Å². The molecule has 0 aliphatic rings. The number of unbranched alkanes of at least 4 members (excludes halogenated alkanes) is 3. The summed E-state index contributed by atoms with van der Waals surface area (Å²) in [5.41, 5.74) is 0. The van der Waals surface area contributed by atoms with E-state index < -0.39 is 24.0 Å². The van der Waals surface area contributed by atoms with Gasteiger partial charge in [-0.2, -0.15) is 0 Å². The SMILES string of the molecule is CCCCCCC(=O)NCC[N+](CCO)(C(C)C(=O)[O-])C(C)C(=O)O.[K+]. The molecule has 26 heavy (non-hydrogen) atoms. The number of quaternary nitrogens is 1. The molecule has 146 valence electrons. The van der Waals surface area contributed by atoms with Gasteiger partial charge in [0, 0.05) is 6.42 Å². The molecule has 3 unspecified atom stereocenters. The van der Waals surface area contributed by atoms with E-state index in [-0.39, 0.29) is 88.0 Å². The first-order chi connectivity index (χ1) is 11.7. The fourth-order valence-electron chi connectivity index (χ4n) is 3.04. The van der Waals surface area contributed by atoms with E-state index in [0.29, 0.717) is 6.42 Å². The summed E-state index contributed by atoms with van der Waals surface area (Å²) < 4.78 is -0.385. The minimum absolute atomic E-state index is 0. The molecule has 0 spiro atoms. The first kappa shape index (κ1) is 28.2. The second-order valence-corrected chi connectivity index (χ2v) is 6.44. The monoisotopic (exact) mass is 399 g/mol. The first-order valence-electron chi connectivity index (χ1n) is 8.90. The number of aliphatic hydroxyl groups is 1. The molecule has 0 saturated heterocycles. The van der Waals surface area contributed by atoms with Crippen LogP contribution in [0.3, 0.4) is 0 Å². The smallest absolute Gasteiger partial charge is 0.544 e. The molecule has 0 aromatic carbocycles. The van der Waals surface area contributed by atoms with Gasteiger partial charge in [0.2, 0.25) is 5.91 Å². The number of nitrogens with one attached hydrogen (secondary N) is 1. The van der Waals surface area contributed by atoms with Crippen molar-refractivity contribution in [3.05, 3.63) is 0 Å². The molecule has 0 bridgehead atoms. The van der Waals surface area contributed by atoms with Gasteiger partial charge >= 0.3 is 57.4 Å². The molecule has 3 atom stereocenters. The standard InChI is InChI=1S/C17H32N2O6.K/c1-4-5-6-7-8-15(21)18-9-10-19(11-12-20,13(2)16(22)23)14(3)17(24)25;/h13-14,20H,4-12H2,1-3H3,(H2-,18,21,22,23,24,25);/q;+1. The average molecular weight is 400 g/mol. The largest absolute Gasteiger partial charge is 1.00 e. The number of hydrogen-bond acceptors (Lipinski definition) is 5. The van der Waals surface area contributed by atoms with Crippen molar-refractivity contribution in [2.45, 2.75) is 65.0 Å². The summed E-state index contributed by atoms with van der Waals surface area (Å²) in [6, 6.07) is -2.18. The third-order valence-corrected chi connectivity index (χ3v) is 4.87. The maximum Gasteiger partial charge on any atom is 1.00 e. The van der Waals surface area contributed by atoms with Crippen LogP contribution in [0.4, 0.5) is 0 Å². The Kier molecular flexibility index (Phi) is 16.2. The van der Waals surface area contributed by atoms with Crippen LogP contribution in [0.5, 0.6) is 0 Å². The number of hydrogen-bond donors (Lipinski definition) is 3. The fourth-order valence-corrected chi connectivity index (χ4v) is 3.04. The van der Waals surface area contributed by atoms with E-state index in [0.717, 1.165) is 25.7 Å². The Labute approximate surface area is 198 Å². The summed E-state index contributed by atoms with van der Waals surface area (Å²) >= 11 is 0. The molecular formula is C17H32KN2O6+. The second-order valence-electron chi connectivity index (χ2n) is 6.44. The predicted octanol–water partition coefficient (Wildman–Crippen LogP) is -3.50. The van der Waals surface area contributed by atoms with Crippen LogP contribution in [0, 0.1) is 0 Å². The molecule has 0 saturated carbocycles. The van der Waals surface area contributed by atoms with E-state index in [9.17, 15) is 29.7 Å². The van der Waals surface area contributed by atoms with Gasteiger partial charge in [-0.25, -0.2) is 4.79 Å². The second kappa shape index (κ2) is 15.0. The molecule has 0 fully saturated rings. The van der Waals surface area contributed by atoms with Gasteiger partial charge in [-0.15, -0.1) is 0 Å². The number of aliphatic hydroxyl groups excluding tert-OH is 1. The minimum Gasteiger partial charge on any atom is -0.544 e.